The number of aliphatic imine (C=N–C) groups is 1. The Balaban J connectivity index is 1.87. The van der Waals surface area contributed by atoms with Crippen molar-refractivity contribution < 1.29 is 14.6 Å². The molecule has 6 nitrogen and oxygen atoms in total. The molecular weight excluding hydrogens is 330 g/mol. The Morgan fingerprint density at radius 2 is 1.96 bits per heavy atom. The van der Waals surface area contributed by atoms with E-state index in [0.29, 0.717) is 37.8 Å². The van der Waals surface area contributed by atoms with Gasteiger partial charge in [0.1, 0.15) is 0 Å². The van der Waals surface area contributed by atoms with Crippen molar-refractivity contribution in [1.29, 1.82) is 0 Å². The van der Waals surface area contributed by atoms with Crippen LogP contribution in [0.3, 0.4) is 0 Å². The summed E-state index contributed by atoms with van der Waals surface area (Å²) in [5, 5.41) is 17.0. The molecule has 0 aromatic heterocycles. The van der Waals surface area contributed by atoms with Gasteiger partial charge in [-0.25, -0.2) is 0 Å². The molecule has 2 aliphatic carbocycles. The maximum absolute atomic E-state index is 10.1. The highest BCUT2D eigenvalue weighted by molar-refractivity contribution is 5.80. The highest BCUT2D eigenvalue weighted by Gasteiger charge is 2.56. The second kappa shape index (κ2) is 10.5. The molecule has 26 heavy (non-hydrogen) atoms. The van der Waals surface area contributed by atoms with Gasteiger partial charge < -0.3 is 25.2 Å². The molecule has 2 fully saturated rings. The number of aliphatic hydroxyl groups excluding tert-OH is 1. The lowest BCUT2D eigenvalue weighted by atomic mass is 9.60. The zero-order valence-corrected chi connectivity index (χ0v) is 17.1. The van der Waals surface area contributed by atoms with E-state index in [4.69, 9.17) is 9.47 Å². The second-order valence-electron chi connectivity index (χ2n) is 8.12. The maximum atomic E-state index is 10.1. The summed E-state index contributed by atoms with van der Waals surface area (Å²) in [4.78, 5) is 4.58. The quantitative estimate of drug-likeness (QED) is 0.407. The van der Waals surface area contributed by atoms with Crippen LogP contribution in [-0.2, 0) is 9.47 Å². The molecule has 6 heteroatoms. The van der Waals surface area contributed by atoms with Crippen molar-refractivity contribution in [3.63, 3.8) is 0 Å². The van der Waals surface area contributed by atoms with E-state index in [-0.39, 0.29) is 5.41 Å². The molecule has 0 aliphatic heterocycles. The van der Waals surface area contributed by atoms with Crippen molar-refractivity contribution in [3.8, 4) is 0 Å². The largest absolute Gasteiger partial charge is 0.389 e. The summed E-state index contributed by atoms with van der Waals surface area (Å²) in [5.41, 5.74) is 0.269. The molecule has 3 atom stereocenters. The molecule has 152 valence electrons. The van der Waals surface area contributed by atoms with Crippen LogP contribution in [0.15, 0.2) is 4.99 Å². The van der Waals surface area contributed by atoms with Crippen molar-refractivity contribution >= 4 is 5.96 Å². The average molecular weight is 370 g/mol. The number of guanidine groups is 1. The van der Waals surface area contributed by atoms with Crippen molar-refractivity contribution in [2.75, 3.05) is 32.9 Å². The average Bonchev–Trinajstić information content (AvgIpc) is 3.11. The topological polar surface area (TPSA) is 75.1 Å². The Morgan fingerprint density at radius 3 is 2.58 bits per heavy atom. The first-order chi connectivity index (χ1) is 12.5. The fraction of sp³-hybridized carbons (Fsp3) is 0.950. The SMILES string of the molecule is CCNC(=NCC(O)COCC(C)C)NC1CC(OCC)C12CCCC2. The van der Waals surface area contributed by atoms with Crippen LogP contribution in [0.4, 0.5) is 0 Å². The molecule has 0 heterocycles. The molecule has 2 rings (SSSR count). The summed E-state index contributed by atoms with van der Waals surface area (Å²) in [6.45, 7) is 11.3. The lowest BCUT2D eigenvalue weighted by Crippen LogP contribution is -2.65. The van der Waals surface area contributed by atoms with Crippen molar-refractivity contribution in [2.24, 2.45) is 16.3 Å². The molecule has 3 N–H and O–H groups in total. The minimum Gasteiger partial charge on any atom is -0.389 e. The van der Waals surface area contributed by atoms with Crippen LogP contribution in [0.25, 0.3) is 0 Å². The zero-order chi connectivity index (χ0) is 19.0. The number of aliphatic hydroxyl groups is 1. The van der Waals surface area contributed by atoms with Crippen LogP contribution in [0.1, 0.15) is 59.8 Å². The second-order valence-corrected chi connectivity index (χ2v) is 8.12. The predicted molar refractivity (Wildman–Crippen MR) is 105 cm³/mol. The van der Waals surface area contributed by atoms with Crippen LogP contribution in [0.5, 0.6) is 0 Å². The molecule has 0 radical (unpaired) electrons. The molecule has 0 aromatic carbocycles. The first-order valence-corrected chi connectivity index (χ1v) is 10.4. The highest BCUT2D eigenvalue weighted by Crippen LogP contribution is 2.54. The Bertz CT molecular complexity index is 436. The molecule has 0 aromatic rings. The number of nitrogens with one attached hydrogen (secondary N) is 2. The normalized spacial score (nSPS) is 26.2. The Labute approximate surface area is 159 Å². The maximum Gasteiger partial charge on any atom is 0.191 e. The van der Waals surface area contributed by atoms with Crippen LogP contribution >= 0.6 is 0 Å². The van der Waals surface area contributed by atoms with E-state index >= 15 is 0 Å². The fourth-order valence-electron chi connectivity index (χ4n) is 4.26. The smallest absolute Gasteiger partial charge is 0.191 e. The minimum atomic E-state index is -0.567. The van der Waals surface area contributed by atoms with Gasteiger partial charge in [0.05, 0.1) is 25.4 Å². The van der Waals surface area contributed by atoms with Crippen LogP contribution in [0, 0.1) is 11.3 Å². The Morgan fingerprint density at radius 1 is 1.23 bits per heavy atom. The van der Waals surface area contributed by atoms with Gasteiger partial charge in [0.25, 0.3) is 0 Å². The minimum absolute atomic E-state index is 0.269. The third-order valence-electron chi connectivity index (χ3n) is 5.56. The van der Waals surface area contributed by atoms with Crippen LogP contribution in [0.2, 0.25) is 0 Å². The van der Waals surface area contributed by atoms with E-state index in [1.807, 2.05) is 0 Å². The van der Waals surface area contributed by atoms with Crippen molar-refractivity contribution in [1.82, 2.24) is 10.6 Å². The summed E-state index contributed by atoms with van der Waals surface area (Å²) < 4.78 is 11.5. The molecule has 0 bridgehead atoms. The highest BCUT2D eigenvalue weighted by atomic mass is 16.5. The van der Waals surface area contributed by atoms with Gasteiger partial charge in [-0.15, -0.1) is 0 Å². The first kappa shape index (κ1) is 21.5. The molecule has 0 saturated heterocycles. The summed E-state index contributed by atoms with van der Waals surface area (Å²) in [7, 11) is 0. The van der Waals surface area contributed by atoms with Crippen molar-refractivity contribution in [2.45, 2.75) is 78.0 Å². The van der Waals surface area contributed by atoms with Gasteiger partial charge in [-0.3, -0.25) is 4.99 Å². The third-order valence-corrected chi connectivity index (χ3v) is 5.56. The number of nitrogens with zero attached hydrogens (tertiary/aromatic N) is 1. The molecule has 1 spiro atoms. The molecule has 3 unspecified atom stereocenters. The summed E-state index contributed by atoms with van der Waals surface area (Å²) in [5.74, 6) is 1.27. The summed E-state index contributed by atoms with van der Waals surface area (Å²) >= 11 is 0. The number of hydrogen-bond donors (Lipinski definition) is 3. The lowest BCUT2D eigenvalue weighted by Gasteiger charge is -2.54. The first-order valence-electron chi connectivity index (χ1n) is 10.4. The summed E-state index contributed by atoms with van der Waals surface area (Å²) in [6, 6.07) is 0.411. The lowest BCUT2D eigenvalue weighted by molar-refractivity contribution is -0.125. The molecular formula is C20H39N3O3. The number of hydrogen-bond acceptors (Lipinski definition) is 4. The Kier molecular flexibility index (Phi) is 8.64. The van der Waals surface area contributed by atoms with Gasteiger partial charge in [0.15, 0.2) is 5.96 Å². The van der Waals surface area contributed by atoms with Crippen LogP contribution in [-0.4, -0.2) is 62.2 Å². The van der Waals surface area contributed by atoms with E-state index in [2.05, 4.69) is 43.3 Å². The van der Waals surface area contributed by atoms with E-state index in [9.17, 15) is 5.11 Å². The monoisotopic (exact) mass is 369 g/mol. The van der Waals surface area contributed by atoms with Gasteiger partial charge >= 0.3 is 0 Å². The fourth-order valence-corrected chi connectivity index (χ4v) is 4.26. The van der Waals surface area contributed by atoms with Crippen LogP contribution < -0.4 is 10.6 Å². The van der Waals surface area contributed by atoms with Gasteiger partial charge in [0.2, 0.25) is 0 Å². The van der Waals surface area contributed by atoms with E-state index in [1.165, 1.54) is 25.7 Å². The van der Waals surface area contributed by atoms with E-state index in [0.717, 1.165) is 25.5 Å². The number of ether oxygens (including phenoxy) is 2. The summed E-state index contributed by atoms with van der Waals surface area (Å²) in [6.07, 6.45) is 5.91. The van der Waals surface area contributed by atoms with Gasteiger partial charge in [-0.2, -0.15) is 0 Å². The Hall–Kier alpha value is -0.850. The molecule has 2 aliphatic rings. The van der Waals surface area contributed by atoms with E-state index in [1.54, 1.807) is 0 Å². The third kappa shape index (κ3) is 5.57. The van der Waals surface area contributed by atoms with E-state index < -0.39 is 6.10 Å². The number of rotatable bonds is 10. The molecule has 0 amide bonds. The standard InChI is InChI=1S/C20H39N3O3/c1-5-21-19(22-12-16(24)14-25-13-15(3)4)23-17-11-18(26-6-2)20(17)9-7-8-10-20/h15-18,24H,5-14H2,1-4H3,(H2,21,22,23). The van der Waals surface area contributed by atoms with Gasteiger partial charge in [-0.1, -0.05) is 26.7 Å². The van der Waals surface area contributed by atoms with Gasteiger partial charge in [0, 0.05) is 31.2 Å². The zero-order valence-electron chi connectivity index (χ0n) is 17.1. The van der Waals surface area contributed by atoms with Crippen molar-refractivity contribution in [3.05, 3.63) is 0 Å². The molecule has 2 saturated carbocycles. The van der Waals surface area contributed by atoms with Gasteiger partial charge in [-0.05, 0) is 39.0 Å². The predicted octanol–water partition coefficient (Wildman–Crippen LogP) is 2.31.